The first-order valence-electron chi connectivity index (χ1n) is 5.27. The minimum absolute atomic E-state index is 0.192. The fourth-order valence-electron chi connectivity index (χ4n) is 1.01. The summed E-state index contributed by atoms with van der Waals surface area (Å²) in [6.45, 7) is 4.14. The van der Waals surface area contributed by atoms with Gasteiger partial charge in [0.2, 0.25) is 0 Å². The Morgan fingerprint density at radius 3 is 2.00 bits per heavy atom. The molecule has 0 amide bonds. The molecular formula is C9H22FO4PS. The van der Waals surface area contributed by atoms with Crippen LogP contribution < -0.4 is 0 Å². The van der Waals surface area contributed by atoms with Crippen LogP contribution in [0.3, 0.4) is 0 Å². The lowest BCUT2D eigenvalue weighted by molar-refractivity contribution is 0.122. The lowest BCUT2D eigenvalue weighted by Gasteiger charge is -2.20. The normalized spacial score (nSPS) is 14.1. The van der Waals surface area contributed by atoms with Gasteiger partial charge >= 0.3 is 7.82 Å². The van der Waals surface area contributed by atoms with Crippen LogP contribution in [0.5, 0.6) is 0 Å². The van der Waals surface area contributed by atoms with Crippen LogP contribution in [0.25, 0.3) is 0 Å². The van der Waals surface area contributed by atoms with Crippen molar-refractivity contribution in [2.24, 2.45) is 0 Å². The third-order valence-electron chi connectivity index (χ3n) is 1.60. The van der Waals surface area contributed by atoms with Crippen molar-refractivity contribution < 1.29 is 22.0 Å². The average Bonchev–Trinajstić information content (AvgIpc) is 2.12. The van der Waals surface area contributed by atoms with Crippen molar-refractivity contribution >= 4 is 18.2 Å². The van der Waals surface area contributed by atoms with Gasteiger partial charge in [0.25, 0.3) is 0 Å². The Kier molecular flexibility index (Phi) is 7.85. The summed E-state index contributed by atoms with van der Waals surface area (Å²) in [5.74, 6) is 0.436. The molecule has 16 heavy (non-hydrogen) atoms. The lowest BCUT2D eigenvalue weighted by atomic mass is 10.5. The van der Waals surface area contributed by atoms with Crippen molar-refractivity contribution in [1.82, 2.24) is 0 Å². The zero-order chi connectivity index (χ0) is 12.7. The van der Waals surface area contributed by atoms with E-state index in [9.17, 15) is 8.45 Å². The van der Waals surface area contributed by atoms with Crippen LogP contribution in [-0.2, 0) is 18.1 Å². The summed E-state index contributed by atoms with van der Waals surface area (Å²) in [5, 5.41) is 0. The largest absolute Gasteiger partial charge is 0.474 e. The second-order valence-electron chi connectivity index (χ2n) is 3.58. The van der Waals surface area contributed by atoms with Crippen LogP contribution in [0.4, 0.5) is 3.89 Å². The van der Waals surface area contributed by atoms with E-state index in [1.165, 1.54) is 0 Å². The Hall–Kier alpha value is 0.390. The molecule has 0 aliphatic heterocycles. The Labute approximate surface area is 99.1 Å². The Bertz CT molecular complexity index is 222. The van der Waals surface area contributed by atoms with E-state index in [1.807, 2.05) is 0 Å². The van der Waals surface area contributed by atoms with Gasteiger partial charge in [-0.2, -0.15) is 3.89 Å². The first-order valence-corrected chi connectivity index (χ1v) is 9.25. The fourth-order valence-corrected chi connectivity index (χ4v) is 3.02. The molecule has 7 heteroatoms. The van der Waals surface area contributed by atoms with Gasteiger partial charge in [0.05, 0.1) is 19.8 Å². The molecule has 0 aromatic rings. The summed E-state index contributed by atoms with van der Waals surface area (Å²) >= 11 is 0. The van der Waals surface area contributed by atoms with E-state index in [4.69, 9.17) is 13.6 Å². The van der Waals surface area contributed by atoms with Gasteiger partial charge in [0.1, 0.15) is 0 Å². The molecule has 0 heterocycles. The number of halogens is 1. The van der Waals surface area contributed by atoms with Crippen LogP contribution in [0.1, 0.15) is 20.3 Å². The SMILES string of the molecule is CCOP(=O)(OCC)OCCCS(C)(C)F. The zero-order valence-electron chi connectivity index (χ0n) is 10.4. The Balaban J connectivity index is 3.90. The van der Waals surface area contributed by atoms with Crippen molar-refractivity contribution in [3.8, 4) is 0 Å². The third-order valence-corrected chi connectivity index (χ3v) is 4.51. The highest BCUT2D eigenvalue weighted by atomic mass is 32.3. The second kappa shape index (κ2) is 7.67. The molecule has 0 spiro atoms. The molecule has 0 atom stereocenters. The number of hydrogen-bond acceptors (Lipinski definition) is 4. The molecule has 0 aromatic heterocycles. The minimum atomic E-state index is -3.41. The van der Waals surface area contributed by atoms with Crippen LogP contribution in [-0.4, -0.2) is 38.1 Å². The molecule has 0 unspecified atom stereocenters. The lowest BCUT2D eigenvalue weighted by Crippen LogP contribution is -2.04. The number of phosphoric ester groups is 1. The molecule has 0 rings (SSSR count). The molecule has 4 nitrogen and oxygen atoms in total. The molecule has 0 saturated carbocycles. The first kappa shape index (κ1) is 16.4. The zero-order valence-corrected chi connectivity index (χ0v) is 12.1. The van der Waals surface area contributed by atoms with Gasteiger partial charge in [0.15, 0.2) is 0 Å². The molecule has 0 bridgehead atoms. The highest BCUT2D eigenvalue weighted by Crippen LogP contribution is 2.49. The van der Waals surface area contributed by atoms with Gasteiger partial charge in [-0.05, 0) is 32.8 Å². The van der Waals surface area contributed by atoms with Gasteiger partial charge in [-0.3, -0.25) is 13.6 Å². The van der Waals surface area contributed by atoms with E-state index in [-0.39, 0.29) is 19.8 Å². The van der Waals surface area contributed by atoms with Crippen molar-refractivity contribution in [3.63, 3.8) is 0 Å². The van der Waals surface area contributed by atoms with E-state index >= 15 is 0 Å². The average molecular weight is 276 g/mol. The predicted molar refractivity (Wildman–Crippen MR) is 66.8 cm³/mol. The summed E-state index contributed by atoms with van der Waals surface area (Å²) in [6.07, 6.45) is 3.68. The molecule has 0 aliphatic rings. The summed E-state index contributed by atoms with van der Waals surface area (Å²) in [5.41, 5.74) is 0. The topological polar surface area (TPSA) is 44.8 Å². The molecule has 100 valence electrons. The maximum atomic E-state index is 13.2. The number of hydrogen-bond donors (Lipinski definition) is 0. The van der Waals surface area contributed by atoms with Crippen molar-refractivity contribution in [2.45, 2.75) is 20.3 Å². The monoisotopic (exact) mass is 276 g/mol. The van der Waals surface area contributed by atoms with Crippen molar-refractivity contribution in [3.05, 3.63) is 0 Å². The summed E-state index contributed by atoms with van der Waals surface area (Å²) < 4.78 is 39.9. The van der Waals surface area contributed by atoms with Gasteiger partial charge in [0, 0.05) is 5.75 Å². The van der Waals surface area contributed by atoms with Crippen molar-refractivity contribution in [1.29, 1.82) is 0 Å². The van der Waals surface area contributed by atoms with Crippen LogP contribution in [0.15, 0.2) is 0 Å². The molecule has 0 fully saturated rings. The molecule has 0 saturated heterocycles. The smallest absolute Gasteiger partial charge is 0.287 e. The van der Waals surface area contributed by atoms with Gasteiger partial charge in [-0.1, -0.05) is 10.4 Å². The van der Waals surface area contributed by atoms with Crippen LogP contribution in [0.2, 0.25) is 0 Å². The molecule has 0 N–H and O–H groups in total. The van der Waals surface area contributed by atoms with E-state index in [2.05, 4.69) is 0 Å². The van der Waals surface area contributed by atoms with Crippen LogP contribution in [0, 0.1) is 0 Å². The summed E-state index contributed by atoms with van der Waals surface area (Å²) in [4.78, 5) is 0. The highest BCUT2D eigenvalue weighted by Gasteiger charge is 2.25. The van der Waals surface area contributed by atoms with Gasteiger partial charge < -0.3 is 0 Å². The van der Waals surface area contributed by atoms with Crippen molar-refractivity contribution in [2.75, 3.05) is 38.1 Å². The Morgan fingerprint density at radius 2 is 1.62 bits per heavy atom. The fraction of sp³-hybridized carbons (Fsp3) is 1.00. The minimum Gasteiger partial charge on any atom is -0.287 e. The maximum absolute atomic E-state index is 13.2. The number of rotatable bonds is 9. The Morgan fingerprint density at radius 1 is 1.12 bits per heavy atom. The van der Waals surface area contributed by atoms with Gasteiger partial charge in [-0.15, -0.1) is 0 Å². The standard InChI is InChI=1S/C9H22FO4PS/c1-5-12-15(11,13-6-2)14-8-7-9-16(3,4)10/h5-9H2,1-4H3. The predicted octanol–water partition coefficient (Wildman–Crippen LogP) is 3.52. The van der Waals surface area contributed by atoms with E-state index in [1.54, 1.807) is 26.4 Å². The maximum Gasteiger partial charge on any atom is 0.474 e. The summed E-state index contributed by atoms with van der Waals surface area (Å²) in [6, 6.07) is 0. The third kappa shape index (κ3) is 8.53. The molecular weight excluding hydrogens is 254 g/mol. The molecule has 0 aliphatic carbocycles. The van der Waals surface area contributed by atoms with Gasteiger partial charge in [-0.25, -0.2) is 4.57 Å². The summed E-state index contributed by atoms with van der Waals surface area (Å²) in [7, 11) is -5.43. The second-order valence-corrected chi connectivity index (χ2v) is 8.46. The van der Waals surface area contributed by atoms with Crippen LogP contribution >= 0.6 is 18.2 Å². The number of phosphoric acid groups is 1. The molecule has 0 aromatic carbocycles. The van der Waals surface area contributed by atoms with E-state index < -0.39 is 18.2 Å². The molecule has 0 radical (unpaired) electrons. The highest BCUT2D eigenvalue weighted by molar-refractivity contribution is 8.28. The van der Waals surface area contributed by atoms with E-state index in [0.29, 0.717) is 12.2 Å². The first-order chi connectivity index (χ1) is 7.33. The quantitative estimate of drug-likeness (QED) is 0.477. The van der Waals surface area contributed by atoms with E-state index in [0.717, 1.165) is 0 Å².